The third kappa shape index (κ3) is 3.27. The number of nitrogens with zero attached hydrogens (tertiary/aromatic N) is 2. The van der Waals surface area contributed by atoms with Crippen molar-refractivity contribution in [3.8, 4) is 0 Å². The molecule has 1 fully saturated rings. The Balaban J connectivity index is 1.91. The summed E-state index contributed by atoms with van der Waals surface area (Å²) in [6.45, 7) is 1.90. The number of halogens is 1. The van der Waals surface area contributed by atoms with Gasteiger partial charge in [0.05, 0.1) is 22.5 Å². The molecule has 0 radical (unpaired) electrons. The third-order valence-corrected chi connectivity index (χ3v) is 4.51. The smallest absolute Gasteiger partial charge is 0.0847 e. The molecule has 1 atom stereocenters. The molecular weight excluding hydrogens is 248 g/mol. The van der Waals surface area contributed by atoms with Crippen LogP contribution in [-0.4, -0.2) is 21.0 Å². The molecule has 1 heterocycles. The Morgan fingerprint density at radius 3 is 2.61 bits per heavy atom. The molecule has 1 aromatic heterocycles. The van der Waals surface area contributed by atoms with Crippen LogP contribution >= 0.6 is 11.6 Å². The van der Waals surface area contributed by atoms with Gasteiger partial charge in [-0.3, -0.25) is 4.68 Å². The molecule has 0 aliphatic heterocycles. The van der Waals surface area contributed by atoms with Crippen molar-refractivity contribution in [1.29, 1.82) is 0 Å². The molecule has 0 amide bonds. The van der Waals surface area contributed by atoms with E-state index in [1.807, 2.05) is 14.0 Å². The van der Waals surface area contributed by atoms with Gasteiger partial charge in [-0.15, -0.1) is 0 Å². The lowest BCUT2D eigenvalue weighted by Crippen LogP contribution is -2.19. The Hall–Kier alpha value is -0.540. The maximum absolute atomic E-state index is 10.2. The number of aromatic nitrogens is 2. The molecule has 1 aromatic rings. The van der Waals surface area contributed by atoms with E-state index >= 15 is 0 Å². The van der Waals surface area contributed by atoms with Crippen LogP contribution in [-0.2, 0) is 13.5 Å². The van der Waals surface area contributed by atoms with E-state index in [4.69, 9.17) is 11.6 Å². The molecule has 0 saturated heterocycles. The zero-order valence-electron chi connectivity index (χ0n) is 11.3. The third-order valence-electron chi connectivity index (χ3n) is 4.02. The minimum absolute atomic E-state index is 0.291. The van der Waals surface area contributed by atoms with Gasteiger partial charge >= 0.3 is 0 Å². The van der Waals surface area contributed by atoms with Gasteiger partial charge < -0.3 is 5.11 Å². The van der Waals surface area contributed by atoms with Crippen LogP contribution in [0.15, 0.2) is 0 Å². The van der Waals surface area contributed by atoms with Gasteiger partial charge in [-0.1, -0.05) is 43.7 Å². The average Bonchev–Trinajstić information content (AvgIpc) is 2.57. The van der Waals surface area contributed by atoms with Gasteiger partial charge in [0.15, 0.2) is 0 Å². The van der Waals surface area contributed by atoms with Crippen LogP contribution in [0, 0.1) is 12.8 Å². The minimum atomic E-state index is -0.291. The van der Waals surface area contributed by atoms with Gasteiger partial charge in [0.1, 0.15) is 0 Å². The van der Waals surface area contributed by atoms with Gasteiger partial charge in [0, 0.05) is 13.5 Å². The summed E-state index contributed by atoms with van der Waals surface area (Å²) in [7, 11) is 1.89. The highest BCUT2D eigenvalue weighted by molar-refractivity contribution is 6.31. The molecule has 2 rings (SSSR count). The lowest BCUT2D eigenvalue weighted by Gasteiger charge is -2.24. The number of hydrogen-bond donors (Lipinski definition) is 1. The number of hydrogen-bond acceptors (Lipinski definition) is 2. The highest BCUT2D eigenvalue weighted by Gasteiger charge is 2.20. The first kappa shape index (κ1) is 13.9. The second-order valence-electron chi connectivity index (χ2n) is 5.57. The topological polar surface area (TPSA) is 38.0 Å². The number of aliphatic hydroxyl groups excluding tert-OH is 1. The van der Waals surface area contributed by atoms with Crippen molar-refractivity contribution in [2.45, 2.75) is 58.0 Å². The molecule has 0 aromatic carbocycles. The summed E-state index contributed by atoms with van der Waals surface area (Å²) in [6.07, 6.45) is 7.78. The van der Waals surface area contributed by atoms with Gasteiger partial charge in [-0.25, -0.2) is 0 Å². The summed E-state index contributed by atoms with van der Waals surface area (Å²) in [5.74, 6) is 0.696. The normalized spacial score (nSPS) is 19.1. The fourth-order valence-electron chi connectivity index (χ4n) is 3.02. The fourth-order valence-corrected chi connectivity index (χ4v) is 3.25. The SMILES string of the molecule is Cc1nn(C)c(CC(O)CC2CCCCC2)c1Cl. The van der Waals surface area contributed by atoms with Gasteiger partial charge in [-0.05, 0) is 19.3 Å². The van der Waals surface area contributed by atoms with Gasteiger partial charge in [0.25, 0.3) is 0 Å². The molecule has 102 valence electrons. The van der Waals surface area contributed by atoms with Crippen LogP contribution in [0.4, 0.5) is 0 Å². The molecule has 0 spiro atoms. The summed E-state index contributed by atoms with van der Waals surface area (Å²) >= 11 is 6.21. The van der Waals surface area contributed by atoms with Crippen LogP contribution in [0.25, 0.3) is 0 Å². The van der Waals surface area contributed by atoms with E-state index in [0.29, 0.717) is 17.4 Å². The summed E-state index contributed by atoms with van der Waals surface area (Å²) in [4.78, 5) is 0. The lowest BCUT2D eigenvalue weighted by atomic mass is 9.85. The fraction of sp³-hybridized carbons (Fsp3) is 0.786. The van der Waals surface area contributed by atoms with E-state index in [0.717, 1.165) is 17.8 Å². The first-order valence-electron chi connectivity index (χ1n) is 6.94. The number of aliphatic hydroxyl groups is 1. The number of aryl methyl sites for hydroxylation is 2. The Kier molecular flexibility index (Phi) is 4.68. The summed E-state index contributed by atoms with van der Waals surface area (Å²) < 4.78 is 1.79. The average molecular weight is 271 g/mol. The highest BCUT2D eigenvalue weighted by Crippen LogP contribution is 2.29. The van der Waals surface area contributed by atoms with Crippen molar-refractivity contribution >= 4 is 11.6 Å². The predicted molar refractivity (Wildman–Crippen MR) is 73.9 cm³/mol. The molecule has 18 heavy (non-hydrogen) atoms. The monoisotopic (exact) mass is 270 g/mol. The van der Waals surface area contributed by atoms with Crippen molar-refractivity contribution < 1.29 is 5.11 Å². The zero-order valence-corrected chi connectivity index (χ0v) is 12.1. The maximum Gasteiger partial charge on any atom is 0.0847 e. The van der Waals surface area contributed by atoms with Gasteiger partial charge in [0.2, 0.25) is 0 Å². The van der Waals surface area contributed by atoms with Crippen LogP contribution < -0.4 is 0 Å². The zero-order chi connectivity index (χ0) is 13.1. The predicted octanol–water partition coefficient (Wildman–Crippen LogP) is 3.26. The van der Waals surface area contributed by atoms with Crippen molar-refractivity contribution in [1.82, 2.24) is 9.78 Å². The largest absolute Gasteiger partial charge is 0.393 e. The van der Waals surface area contributed by atoms with Crippen LogP contribution in [0.3, 0.4) is 0 Å². The summed E-state index contributed by atoms with van der Waals surface area (Å²) in [5.41, 5.74) is 1.80. The maximum atomic E-state index is 10.2. The van der Waals surface area contributed by atoms with E-state index in [-0.39, 0.29) is 6.10 Å². The molecule has 1 aliphatic rings. The standard InChI is InChI=1S/C14H23ClN2O/c1-10-14(15)13(17(2)16-10)9-12(18)8-11-6-4-3-5-7-11/h11-12,18H,3-9H2,1-2H3. The Labute approximate surface area is 114 Å². The number of rotatable bonds is 4. The first-order valence-corrected chi connectivity index (χ1v) is 7.31. The second-order valence-corrected chi connectivity index (χ2v) is 5.95. The Morgan fingerprint density at radius 1 is 1.39 bits per heavy atom. The van der Waals surface area contributed by atoms with E-state index in [1.54, 1.807) is 4.68 Å². The molecule has 0 bridgehead atoms. The molecule has 1 saturated carbocycles. The van der Waals surface area contributed by atoms with Crippen molar-refractivity contribution in [3.05, 3.63) is 16.4 Å². The molecule has 1 unspecified atom stereocenters. The summed E-state index contributed by atoms with van der Waals surface area (Å²) in [5, 5.41) is 15.2. The summed E-state index contributed by atoms with van der Waals surface area (Å²) in [6, 6.07) is 0. The van der Waals surface area contributed by atoms with Crippen molar-refractivity contribution in [2.75, 3.05) is 0 Å². The second kappa shape index (κ2) is 6.07. The minimum Gasteiger partial charge on any atom is -0.393 e. The first-order chi connectivity index (χ1) is 8.58. The van der Waals surface area contributed by atoms with Crippen LogP contribution in [0.2, 0.25) is 5.02 Å². The Bertz CT molecular complexity index is 397. The van der Waals surface area contributed by atoms with Gasteiger partial charge in [-0.2, -0.15) is 5.10 Å². The quantitative estimate of drug-likeness (QED) is 0.912. The van der Waals surface area contributed by atoms with E-state index in [1.165, 1.54) is 32.1 Å². The molecule has 3 nitrogen and oxygen atoms in total. The van der Waals surface area contributed by atoms with Crippen LogP contribution in [0.1, 0.15) is 49.9 Å². The molecule has 1 N–H and O–H groups in total. The lowest BCUT2D eigenvalue weighted by molar-refractivity contribution is 0.128. The van der Waals surface area contributed by atoms with E-state index < -0.39 is 0 Å². The Morgan fingerprint density at radius 2 is 2.06 bits per heavy atom. The van der Waals surface area contributed by atoms with E-state index in [2.05, 4.69) is 5.10 Å². The molecule has 1 aliphatic carbocycles. The van der Waals surface area contributed by atoms with E-state index in [9.17, 15) is 5.11 Å². The molecular formula is C14H23ClN2O. The molecule has 4 heteroatoms. The van der Waals surface area contributed by atoms with Crippen molar-refractivity contribution in [2.24, 2.45) is 13.0 Å². The van der Waals surface area contributed by atoms with Crippen molar-refractivity contribution in [3.63, 3.8) is 0 Å². The highest BCUT2D eigenvalue weighted by atomic mass is 35.5. The van der Waals surface area contributed by atoms with Crippen LogP contribution in [0.5, 0.6) is 0 Å².